The van der Waals surface area contributed by atoms with Crippen LogP contribution in [0.15, 0.2) is 48.5 Å². The minimum atomic E-state index is -0.490. The first-order valence-electron chi connectivity index (χ1n) is 8.35. The van der Waals surface area contributed by atoms with Gasteiger partial charge < -0.3 is 14.8 Å². The highest BCUT2D eigenvalue weighted by molar-refractivity contribution is 5.81. The fourth-order valence-electron chi connectivity index (χ4n) is 2.28. The lowest BCUT2D eigenvalue weighted by molar-refractivity contribution is -0.128. The Bertz CT molecular complexity index is 635. The smallest absolute Gasteiger partial charge is 0.261 e. The molecule has 0 unspecified atom stereocenters. The van der Waals surface area contributed by atoms with Gasteiger partial charge in [-0.3, -0.25) is 4.79 Å². The van der Waals surface area contributed by atoms with Gasteiger partial charge in [0.05, 0.1) is 6.61 Å². The van der Waals surface area contributed by atoms with Crippen LogP contribution < -0.4 is 14.8 Å². The molecule has 4 nitrogen and oxygen atoms in total. The van der Waals surface area contributed by atoms with Crippen molar-refractivity contribution in [3.05, 3.63) is 59.7 Å². The Kier molecular flexibility index (Phi) is 6.67. The van der Waals surface area contributed by atoms with Crippen LogP contribution in [0.1, 0.15) is 31.4 Å². The SMILES string of the molecule is CCOc1ccc(CNC(=O)[C@H](CC)Oc2ccc(C)cc2)cc1. The largest absolute Gasteiger partial charge is 0.494 e. The summed E-state index contributed by atoms with van der Waals surface area (Å²) in [6, 6.07) is 15.4. The van der Waals surface area contributed by atoms with E-state index in [1.165, 1.54) is 0 Å². The van der Waals surface area contributed by atoms with Gasteiger partial charge in [-0.05, 0) is 50.1 Å². The third kappa shape index (κ3) is 5.30. The van der Waals surface area contributed by atoms with Crippen molar-refractivity contribution in [1.82, 2.24) is 5.32 Å². The summed E-state index contributed by atoms with van der Waals surface area (Å²) < 4.78 is 11.2. The zero-order valence-electron chi connectivity index (χ0n) is 14.5. The normalized spacial score (nSPS) is 11.6. The number of rotatable bonds is 8. The number of aryl methyl sites for hydroxylation is 1. The third-order valence-electron chi connectivity index (χ3n) is 3.66. The molecule has 0 bridgehead atoms. The molecule has 0 spiro atoms. The molecular formula is C20H25NO3. The van der Waals surface area contributed by atoms with Crippen LogP contribution in [-0.4, -0.2) is 18.6 Å². The quantitative estimate of drug-likeness (QED) is 0.801. The summed E-state index contributed by atoms with van der Waals surface area (Å²) in [6.07, 6.45) is 0.124. The lowest BCUT2D eigenvalue weighted by Crippen LogP contribution is -2.37. The van der Waals surface area contributed by atoms with E-state index in [0.717, 1.165) is 16.9 Å². The Morgan fingerprint density at radius 1 is 1.00 bits per heavy atom. The van der Waals surface area contributed by atoms with Gasteiger partial charge in [0.2, 0.25) is 0 Å². The van der Waals surface area contributed by atoms with Crippen LogP contribution in [-0.2, 0) is 11.3 Å². The zero-order valence-corrected chi connectivity index (χ0v) is 14.5. The first-order valence-corrected chi connectivity index (χ1v) is 8.35. The molecule has 0 saturated carbocycles. The maximum Gasteiger partial charge on any atom is 0.261 e. The molecular weight excluding hydrogens is 302 g/mol. The summed E-state index contributed by atoms with van der Waals surface area (Å²) in [4.78, 5) is 12.3. The van der Waals surface area contributed by atoms with Crippen LogP contribution >= 0.6 is 0 Å². The molecule has 2 aromatic carbocycles. The maximum absolute atomic E-state index is 12.3. The van der Waals surface area contributed by atoms with Crippen molar-refractivity contribution in [3.63, 3.8) is 0 Å². The van der Waals surface area contributed by atoms with Crippen LogP contribution in [0, 0.1) is 6.92 Å². The average molecular weight is 327 g/mol. The number of carbonyl (C=O) groups excluding carboxylic acids is 1. The van der Waals surface area contributed by atoms with Crippen molar-refractivity contribution < 1.29 is 14.3 Å². The van der Waals surface area contributed by atoms with E-state index in [0.29, 0.717) is 25.3 Å². The maximum atomic E-state index is 12.3. The second-order valence-electron chi connectivity index (χ2n) is 5.62. The fraction of sp³-hybridized carbons (Fsp3) is 0.350. The third-order valence-corrected chi connectivity index (χ3v) is 3.66. The van der Waals surface area contributed by atoms with Gasteiger partial charge in [-0.15, -0.1) is 0 Å². The lowest BCUT2D eigenvalue weighted by Gasteiger charge is -2.17. The topological polar surface area (TPSA) is 47.6 Å². The van der Waals surface area contributed by atoms with Crippen molar-refractivity contribution in [1.29, 1.82) is 0 Å². The molecule has 0 radical (unpaired) electrons. The van der Waals surface area contributed by atoms with Gasteiger partial charge in [0.25, 0.3) is 5.91 Å². The van der Waals surface area contributed by atoms with Crippen LogP contribution in [0.2, 0.25) is 0 Å². The van der Waals surface area contributed by atoms with E-state index in [4.69, 9.17) is 9.47 Å². The van der Waals surface area contributed by atoms with E-state index in [1.807, 2.05) is 69.3 Å². The average Bonchev–Trinajstić information content (AvgIpc) is 2.60. The van der Waals surface area contributed by atoms with E-state index in [2.05, 4.69) is 5.32 Å². The van der Waals surface area contributed by atoms with E-state index in [9.17, 15) is 4.79 Å². The van der Waals surface area contributed by atoms with Crippen molar-refractivity contribution in [2.45, 2.75) is 39.8 Å². The van der Waals surface area contributed by atoms with Crippen molar-refractivity contribution in [2.75, 3.05) is 6.61 Å². The van der Waals surface area contributed by atoms with Crippen LogP contribution in [0.25, 0.3) is 0 Å². The first-order chi connectivity index (χ1) is 11.6. The monoisotopic (exact) mass is 327 g/mol. The van der Waals surface area contributed by atoms with E-state index >= 15 is 0 Å². The van der Waals surface area contributed by atoms with Crippen molar-refractivity contribution >= 4 is 5.91 Å². The molecule has 0 aliphatic carbocycles. The molecule has 24 heavy (non-hydrogen) atoms. The second kappa shape index (κ2) is 8.96. The minimum absolute atomic E-state index is 0.105. The molecule has 128 valence electrons. The molecule has 0 fully saturated rings. The second-order valence-corrected chi connectivity index (χ2v) is 5.62. The number of amides is 1. The van der Waals surface area contributed by atoms with Gasteiger partial charge in [0.15, 0.2) is 6.10 Å². The molecule has 4 heteroatoms. The van der Waals surface area contributed by atoms with E-state index < -0.39 is 6.10 Å². The number of hydrogen-bond acceptors (Lipinski definition) is 3. The Balaban J connectivity index is 1.88. The van der Waals surface area contributed by atoms with Gasteiger partial charge in [-0.2, -0.15) is 0 Å². The first kappa shape index (κ1) is 17.9. The van der Waals surface area contributed by atoms with Crippen LogP contribution in [0.4, 0.5) is 0 Å². The molecule has 1 N–H and O–H groups in total. The molecule has 0 aliphatic heterocycles. The molecule has 0 aliphatic rings. The molecule has 1 amide bonds. The van der Waals surface area contributed by atoms with E-state index in [1.54, 1.807) is 0 Å². The molecule has 2 rings (SSSR count). The summed E-state index contributed by atoms with van der Waals surface area (Å²) >= 11 is 0. The van der Waals surface area contributed by atoms with Crippen molar-refractivity contribution in [2.24, 2.45) is 0 Å². The summed E-state index contributed by atoms with van der Waals surface area (Å²) in [5.41, 5.74) is 2.19. The van der Waals surface area contributed by atoms with Crippen LogP contribution in [0.5, 0.6) is 11.5 Å². The predicted molar refractivity (Wildman–Crippen MR) is 95.3 cm³/mol. The number of carbonyl (C=O) groups is 1. The van der Waals surface area contributed by atoms with Gasteiger partial charge >= 0.3 is 0 Å². The Morgan fingerprint density at radius 3 is 2.21 bits per heavy atom. The van der Waals surface area contributed by atoms with Crippen molar-refractivity contribution in [3.8, 4) is 11.5 Å². The number of benzene rings is 2. The lowest BCUT2D eigenvalue weighted by atomic mass is 10.2. The number of ether oxygens (including phenoxy) is 2. The Labute approximate surface area is 143 Å². The number of nitrogens with one attached hydrogen (secondary N) is 1. The van der Waals surface area contributed by atoms with Gasteiger partial charge in [0, 0.05) is 6.54 Å². The highest BCUT2D eigenvalue weighted by Gasteiger charge is 2.17. The summed E-state index contributed by atoms with van der Waals surface area (Å²) in [5, 5.41) is 2.93. The predicted octanol–water partition coefficient (Wildman–Crippen LogP) is 3.87. The van der Waals surface area contributed by atoms with Crippen LogP contribution in [0.3, 0.4) is 0 Å². The summed E-state index contributed by atoms with van der Waals surface area (Å²) in [6.45, 7) is 7.02. The number of hydrogen-bond donors (Lipinski definition) is 1. The summed E-state index contributed by atoms with van der Waals surface area (Å²) in [7, 11) is 0. The Hall–Kier alpha value is -2.49. The molecule has 0 aromatic heterocycles. The molecule has 2 aromatic rings. The van der Waals surface area contributed by atoms with E-state index in [-0.39, 0.29) is 5.91 Å². The van der Waals surface area contributed by atoms with Gasteiger partial charge in [0.1, 0.15) is 11.5 Å². The highest BCUT2D eigenvalue weighted by atomic mass is 16.5. The molecule has 0 saturated heterocycles. The zero-order chi connectivity index (χ0) is 17.4. The standard InChI is InChI=1S/C20H25NO3/c1-4-19(24-18-10-6-15(3)7-11-18)20(22)21-14-16-8-12-17(13-9-16)23-5-2/h6-13,19H,4-5,14H2,1-3H3,(H,21,22)/t19-/m0/s1. The Morgan fingerprint density at radius 2 is 1.62 bits per heavy atom. The fourth-order valence-corrected chi connectivity index (χ4v) is 2.28. The summed E-state index contributed by atoms with van der Waals surface area (Å²) in [5.74, 6) is 1.44. The molecule has 1 atom stereocenters. The highest BCUT2D eigenvalue weighted by Crippen LogP contribution is 2.15. The molecule has 0 heterocycles. The van der Waals surface area contributed by atoms with Gasteiger partial charge in [-0.25, -0.2) is 0 Å². The minimum Gasteiger partial charge on any atom is -0.494 e. The van der Waals surface area contributed by atoms with Gasteiger partial charge in [-0.1, -0.05) is 36.8 Å².